The lowest BCUT2D eigenvalue weighted by Crippen LogP contribution is -2.40. The molecule has 2 aliphatic rings. The average Bonchev–Trinajstić information content (AvgIpc) is 3.58. The zero-order valence-electron chi connectivity index (χ0n) is 19.3. The van der Waals surface area contributed by atoms with E-state index >= 15 is 0 Å². The summed E-state index contributed by atoms with van der Waals surface area (Å²) < 4.78 is 41.7. The highest BCUT2D eigenvalue weighted by Gasteiger charge is 2.34. The lowest BCUT2D eigenvalue weighted by atomic mass is 9.96. The Balaban J connectivity index is 1.35. The summed E-state index contributed by atoms with van der Waals surface area (Å²) in [5, 5.41) is 0. The Labute approximate surface area is 200 Å². The number of amides is 1. The van der Waals surface area contributed by atoms with Crippen molar-refractivity contribution < 1.29 is 18.0 Å². The van der Waals surface area contributed by atoms with Crippen molar-refractivity contribution in [2.75, 3.05) is 24.5 Å². The van der Waals surface area contributed by atoms with Crippen LogP contribution in [0.4, 0.5) is 19.0 Å². The molecule has 0 unspecified atom stereocenters. The molecule has 8 nitrogen and oxygen atoms in total. The molecule has 0 atom stereocenters. The zero-order chi connectivity index (χ0) is 24.6. The zero-order valence-corrected chi connectivity index (χ0v) is 19.3. The molecule has 186 valence electrons. The van der Waals surface area contributed by atoms with Gasteiger partial charge in [0, 0.05) is 19.1 Å². The summed E-state index contributed by atoms with van der Waals surface area (Å²) in [6.07, 6.45) is 2.74. The molecule has 0 bridgehead atoms. The number of piperidine rings is 1. The quantitative estimate of drug-likeness (QED) is 0.525. The first-order valence-electron chi connectivity index (χ1n) is 11.9. The van der Waals surface area contributed by atoms with Gasteiger partial charge in [0.15, 0.2) is 17.0 Å². The molecule has 0 radical (unpaired) electrons. The van der Waals surface area contributed by atoms with Gasteiger partial charge in [-0.2, -0.15) is 13.2 Å². The number of alkyl halides is 3. The molecule has 1 saturated carbocycles. The maximum Gasteiger partial charge on any atom is 0.416 e. The molecule has 1 aliphatic heterocycles. The highest BCUT2D eigenvalue weighted by molar-refractivity contribution is 5.83. The third kappa shape index (κ3) is 5.39. The summed E-state index contributed by atoms with van der Waals surface area (Å²) in [5.41, 5.74) is 6.63. The van der Waals surface area contributed by atoms with Gasteiger partial charge in [0.1, 0.15) is 6.33 Å². The molecule has 3 heterocycles. The first-order chi connectivity index (χ1) is 16.8. The van der Waals surface area contributed by atoms with Crippen LogP contribution in [0.1, 0.15) is 36.8 Å². The van der Waals surface area contributed by atoms with Gasteiger partial charge in [-0.25, -0.2) is 15.0 Å². The maximum absolute atomic E-state index is 13.2. The molecule has 3 aromatic rings. The van der Waals surface area contributed by atoms with Crippen molar-refractivity contribution in [3.05, 3.63) is 48.0 Å². The summed E-state index contributed by atoms with van der Waals surface area (Å²) in [7, 11) is 0. The predicted octanol–water partition coefficient (Wildman–Crippen LogP) is 3.21. The number of carbonyl (C=O) groups excluding carboxylic acids is 1. The molecule has 2 aromatic heterocycles. The van der Waals surface area contributed by atoms with E-state index in [1.165, 1.54) is 18.5 Å². The summed E-state index contributed by atoms with van der Waals surface area (Å²) in [5.74, 6) is 0.781. The van der Waals surface area contributed by atoms with Gasteiger partial charge >= 0.3 is 6.18 Å². The van der Waals surface area contributed by atoms with Gasteiger partial charge in [0.2, 0.25) is 5.91 Å². The molecule has 2 fully saturated rings. The third-order valence-electron chi connectivity index (χ3n) is 6.79. The minimum atomic E-state index is -4.38. The molecular weight excluding hydrogens is 459 g/mol. The number of carbonyl (C=O) groups is 1. The number of hydrogen-bond donors (Lipinski definition) is 1. The molecule has 1 amide bonds. The number of anilines is 1. The van der Waals surface area contributed by atoms with E-state index in [1.54, 1.807) is 12.4 Å². The summed E-state index contributed by atoms with van der Waals surface area (Å²) >= 11 is 0. The Bertz CT molecular complexity index is 1200. The van der Waals surface area contributed by atoms with E-state index in [4.69, 9.17) is 5.73 Å². The Morgan fingerprint density at radius 2 is 1.89 bits per heavy atom. The lowest BCUT2D eigenvalue weighted by molar-refractivity contribution is -0.137. The fraction of sp³-hybridized carbons (Fsp3) is 0.500. The standard InChI is InChI=1S/C24H28F3N7O/c25-24(26,27)18-3-1-2-17(10-18)12-34(19-4-5-19)23-21-22(29-14-30-23)33(15-31-21)11-16-6-8-32(9-7-16)13-20(28)35/h1-3,10,14-16,19H,4-9,11-13H2,(H2,28,35). The number of likely N-dealkylation sites (tertiary alicyclic amines) is 1. The second-order valence-electron chi connectivity index (χ2n) is 9.51. The number of aromatic nitrogens is 4. The number of halogens is 3. The summed E-state index contributed by atoms with van der Waals surface area (Å²) in [4.78, 5) is 28.9. The van der Waals surface area contributed by atoms with Crippen LogP contribution >= 0.6 is 0 Å². The van der Waals surface area contributed by atoms with Gasteiger partial charge < -0.3 is 15.2 Å². The van der Waals surface area contributed by atoms with E-state index < -0.39 is 11.7 Å². The summed E-state index contributed by atoms with van der Waals surface area (Å²) in [6.45, 7) is 3.03. The van der Waals surface area contributed by atoms with Crippen molar-refractivity contribution in [2.24, 2.45) is 11.7 Å². The molecule has 5 rings (SSSR count). The second-order valence-corrected chi connectivity index (χ2v) is 9.51. The van der Waals surface area contributed by atoms with Crippen molar-refractivity contribution in [3.63, 3.8) is 0 Å². The smallest absolute Gasteiger partial charge is 0.369 e. The molecular formula is C24H28F3N7O. The van der Waals surface area contributed by atoms with Crippen LogP contribution in [0.15, 0.2) is 36.9 Å². The van der Waals surface area contributed by atoms with E-state index in [9.17, 15) is 18.0 Å². The van der Waals surface area contributed by atoms with Crippen LogP contribution in [0.25, 0.3) is 11.2 Å². The van der Waals surface area contributed by atoms with Crippen molar-refractivity contribution in [1.29, 1.82) is 0 Å². The van der Waals surface area contributed by atoms with Crippen LogP contribution in [0, 0.1) is 5.92 Å². The summed E-state index contributed by atoms with van der Waals surface area (Å²) in [6, 6.07) is 5.68. The van der Waals surface area contributed by atoms with Crippen molar-refractivity contribution >= 4 is 22.9 Å². The van der Waals surface area contributed by atoms with Crippen LogP contribution in [-0.2, 0) is 24.1 Å². The predicted molar refractivity (Wildman–Crippen MR) is 124 cm³/mol. The number of rotatable bonds is 8. The Morgan fingerprint density at radius 3 is 2.57 bits per heavy atom. The average molecular weight is 488 g/mol. The lowest BCUT2D eigenvalue weighted by Gasteiger charge is -2.31. The number of fused-ring (bicyclic) bond motifs is 1. The van der Waals surface area contributed by atoms with E-state index in [1.807, 2.05) is 4.57 Å². The number of nitrogens with zero attached hydrogens (tertiary/aromatic N) is 6. The fourth-order valence-electron chi connectivity index (χ4n) is 4.84. The van der Waals surface area contributed by atoms with Gasteiger partial charge in [0.05, 0.1) is 18.4 Å². The van der Waals surface area contributed by atoms with Crippen molar-refractivity contribution in [3.8, 4) is 0 Å². The first-order valence-corrected chi connectivity index (χ1v) is 11.9. The highest BCUT2D eigenvalue weighted by atomic mass is 19.4. The fourth-order valence-corrected chi connectivity index (χ4v) is 4.84. The SMILES string of the molecule is NC(=O)CN1CCC(Cn2cnc3c(N(Cc4cccc(C(F)(F)F)c4)C4CC4)ncnc32)CC1. The molecule has 1 saturated heterocycles. The van der Waals surface area contributed by atoms with Crippen LogP contribution in [0.3, 0.4) is 0 Å². The third-order valence-corrected chi connectivity index (χ3v) is 6.79. The van der Waals surface area contributed by atoms with Crippen LogP contribution in [0.2, 0.25) is 0 Å². The largest absolute Gasteiger partial charge is 0.416 e. The van der Waals surface area contributed by atoms with E-state index in [0.717, 1.165) is 57.0 Å². The van der Waals surface area contributed by atoms with Crippen LogP contribution in [0.5, 0.6) is 0 Å². The van der Waals surface area contributed by atoms with E-state index in [0.29, 0.717) is 35.9 Å². The minimum Gasteiger partial charge on any atom is -0.369 e. The molecule has 0 spiro atoms. The van der Waals surface area contributed by atoms with E-state index in [-0.39, 0.29) is 11.9 Å². The van der Waals surface area contributed by atoms with Gasteiger partial charge in [-0.05, 0) is 62.4 Å². The topological polar surface area (TPSA) is 93.2 Å². The number of hydrogen-bond acceptors (Lipinski definition) is 6. The minimum absolute atomic E-state index is 0.224. The van der Waals surface area contributed by atoms with E-state index in [2.05, 4.69) is 24.8 Å². The first kappa shape index (κ1) is 23.5. The maximum atomic E-state index is 13.2. The molecule has 1 aliphatic carbocycles. The van der Waals surface area contributed by atoms with Crippen molar-refractivity contribution in [2.45, 2.75) is 51.0 Å². The second kappa shape index (κ2) is 9.44. The molecule has 1 aromatic carbocycles. The van der Waals surface area contributed by atoms with Crippen molar-refractivity contribution in [1.82, 2.24) is 24.4 Å². The highest BCUT2D eigenvalue weighted by Crippen LogP contribution is 2.36. The monoisotopic (exact) mass is 487 g/mol. The van der Waals surface area contributed by atoms with Gasteiger partial charge in [-0.1, -0.05) is 12.1 Å². The van der Waals surface area contributed by atoms with Crippen LogP contribution in [-0.4, -0.2) is 56.0 Å². The van der Waals surface area contributed by atoms with Crippen LogP contribution < -0.4 is 10.6 Å². The Morgan fingerprint density at radius 1 is 1.11 bits per heavy atom. The molecule has 2 N–H and O–H groups in total. The number of benzene rings is 1. The Hall–Kier alpha value is -3.21. The van der Waals surface area contributed by atoms with Gasteiger partial charge in [-0.15, -0.1) is 0 Å². The normalized spacial score (nSPS) is 17.7. The molecule has 35 heavy (non-hydrogen) atoms. The Kier molecular flexibility index (Phi) is 6.35. The number of imidazole rings is 1. The number of nitrogens with two attached hydrogens (primary N) is 1. The van der Waals surface area contributed by atoms with Gasteiger partial charge in [-0.3, -0.25) is 9.69 Å². The number of primary amides is 1. The molecule has 11 heteroatoms. The van der Waals surface area contributed by atoms with Gasteiger partial charge in [0.25, 0.3) is 0 Å².